The molecule has 0 fully saturated rings. The molecule has 0 spiro atoms. The lowest BCUT2D eigenvalue weighted by atomic mass is 10.1. The second kappa shape index (κ2) is 4.99. The van der Waals surface area contributed by atoms with Crippen molar-refractivity contribution in [1.29, 1.82) is 10.5 Å². The van der Waals surface area contributed by atoms with E-state index >= 15 is 0 Å². The van der Waals surface area contributed by atoms with Gasteiger partial charge >= 0.3 is 0 Å². The van der Waals surface area contributed by atoms with E-state index in [-0.39, 0.29) is 26.9 Å². The van der Waals surface area contributed by atoms with Crippen molar-refractivity contribution in [2.75, 3.05) is 0 Å². The van der Waals surface area contributed by atoms with Gasteiger partial charge in [0.2, 0.25) is 0 Å². The maximum Gasteiger partial charge on any atom is 0.264 e. The van der Waals surface area contributed by atoms with E-state index in [0.717, 1.165) is 6.07 Å². The van der Waals surface area contributed by atoms with Crippen molar-refractivity contribution in [2.45, 2.75) is 12.8 Å². The molecule has 6 heteroatoms. The van der Waals surface area contributed by atoms with E-state index in [1.54, 1.807) is 34.7 Å². The average Bonchev–Trinajstić information content (AvgIpc) is 2.20. The Labute approximate surface area is 98.5 Å². The Hall–Kier alpha value is -1.28. The molecular weight excluding hydrogens is 315 g/mol. The average molecular weight is 319 g/mol. The van der Waals surface area contributed by atoms with Gasteiger partial charge < -0.3 is 0 Å². The first-order valence-corrected chi connectivity index (χ1v) is 4.92. The fourth-order valence-corrected chi connectivity index (χ4v) is 1.83. The maximum atomic E-state index is 12.6. The molecule has 0 amide bonds. The van der Waals surface area contributed by atoms with Crippen molar-refractivity contribution in [1.82, 2.24) is 4.98 Å². The van der Waals surface area contributed by atoms with Gasteiger partial charge in [-0.25, -0.2) is 13.8 Å². The largest absolute Gasteiger partial charge is 0.264 e. The summed E-state index contributed by atoms with van der Waals surface area (Å²) in [5.41, 5.74) is -0.143. The minimum atomic E-state index is -2.70. The van der Waals surface area contributed by atoms with Crippen molar-refractivity contribution >= 4 is 22.6 Å². The number of nitriles is 2. The van der Waals surface area contributed by atoms with Gasteiger partial charge in [-0.05, 0) is 28.7 Å². The molecule has 0 atom stereocenters. The molecule has 0 radical (unpaired) electrons. The summed E-state index contributed by atoms with van der Waals surface area (Å²) in [5.74, 6) is 0. The highest BCUT2D eigenvalue weighted by Crippen LogP contribution is 2.26. The van der Waals surface area contributed by atoms with Crippen LogP contribution < -0.4 is 0 Å². The third-order valence-electron chi connectivity index (χ3n) is 1.71. The molecule has 0 saturated carbocycles. The third kappa shape index (κ3) is 2.60. The van der Waals surface area contributed by atoms with Crippen molar-refractivity contribution in [3.05, 3.63) is 26.6 Å². The van der Waals surface area contributed by atoms with Gasteiger partial charge in [-0.2, -0.15) is 10.5 Å². The summed E-state index contributed by atoms with van der Waals surface area (Å²) in [6.45, 7) is 0. The normalized spacial score (nSPS) is 9.73. The molecule has 1 aromatic heterocycles. The monoisotopic (exact) mass is 319 g/mol. The minimum Gasteiger partial charge on any atom is -0.231 e. The Kier molecular flexibility index (Phi) is 3.92. The molecule has 0 unspecified atom stereocenters. The Balaban J connectivity index is 3.38. The van der Waals surface area contributed by atoms with Gasteiger partial charge in [0.1, 0.15) is 15.5 Å². The molecule has 76 valence electrons. The van der Waals surface area contributed by atoms with Crippen LogP contribution in [0.3, 0.4) is 0 Å². The van der Waals surface area contributed by atoms with E-state index in [4.69, 9.17) is 10.5 Å². The Morgan fingerprint density at radius 2 is 2.13 bits per heavy atom. The number of rotatable bonds is 2. The Bertz CT molecular complexity index is 460. The second-order valence-electron chi connectivity index (χ2n) is 2.61. The number of hydrogen-bond acceptors (Lipinski definition) is 3. The van der Waals surface area contributed by atoms with Crippen molar-refractivity contribution in [2.24, 2.45) is 0 Å². The lowest BCUT2D eigenvalue weighted by Gasteiger charge is -2.07. The van der Waals surface area contributed by atoms with E-state index in [2.05, 4.69) is 4.98 Å². The highest BCUT2D eigenvalue weighted by Gasteiger charge is 2.17. The molecule has 0 aliphatic heterocycles. The molecule has 15 heavy (non-hydrogen) atoms. The molecule has 0 aliphatic carbocycles. The summed E-state index contributed by atoms with van der Waals surface area (Å²) in [5, 5.41) is 17.0. The van der Waals surface area contributed by atoms with E-state index < -0.39 is 6.43 Å². The van der Waals surface area contributed by atoms with E-state index in [1.165, 1.54) is 0 Å². The fourth-order valence-electron chi connectivity index (χ4n) is 1.07. The Morgan fingerprint density at radius 1 is 1.47 bits per heavy atom. The first-order chi connectivity index (χ1) is 7.10. The molecular formula is C9H4F2IN3. The summed E-state index contributed by atoms with van der Waals surface area (Å²) < 4.78 is 25.5. The van der Waals surface area contributed by atoms with Crippen LogP contribution in [0.1, 0.15) is 23.2 Å². The van der Waals surface area contributed by atoms with Gasteiger partial charge in [0.05, 0.1) is 12.5 Å². The standard InChI is InChI=1S/C9H4F2IN3/c10-8(11)7-3-5(4-14)15-9(12)6(7)1-2-13/h3,8H,1H2. The zero-order valence-corrected chi connectivity index (χ0v) is 9.49. The number of pyridine rings is 1. The number of hydrogen-bond donors (Lipinski definition) is 0. The smallest absolute Gasteiger partial charge is 0.231 e. The summed E-state index contributed by atoms with van der Waals surface area (Å²) in [7, 11) is 0. The minimum absolute atomic E-state index is 0.0589. The van der Waals surface area contributed by atoms with Gasteiger partial charge in [0.15, 0.2) is 0 Å². The highest BCUT2D eigenvalue weighted by atomic mass is 127. The fraction of sp³-hybridized carbons (Fsp3) is 0.222. The lowest BCUT2D eigenvalue weighted by molar-refractivity contribution is 0.150. The van der Waals surface area contributed by atoms with E-state index in [9.17, 15) is 8.78 Å². The van der Waals surface area contributed by atoms with Crippen LogP contribution in [0, 0.1) is 26.4 Å². The maximum absolute atomic E-state index is 12.6. The SMILES string of the molecule is N#CCc1c(C(F)F)cc(C#N)nc1I. The molecule has 0 saturated heterocycles. The zero-order valence-electron chi connectivity index (χ0n) is 7.34. The molecule has 1 heterocycles. The first-order valence-electron chi connectivity index (χ1n) is 3.84. The summed E-state index contributed by atoms with van der Waals surface area (Å²) in [6.07, 6.45) is -2.83. The summed E-state index contributed by atoms with van der Waals surface area (Å²) >= 11 is 1.74. The van der Waals surface area contributed by atoms with Crippen molar-refractivity contribution in [3.8, 4) is 12.1 Å². The first kappa shape index (κ1) is 11.8. The molecule has 0 aromatic carbocycles. The lowest BCUT2D eigenvalue weighted by Crippen LogP contribution is -2.02. The van der Waals surface area contributed by atoms with Crippen LogP contribution in [0.4, 0.5) is 8.78 Å². The topological polar surface area (TPSA) is 60.5 Å². The van der Waals surface area contributed by atoms with Crippen LogP contribution >= 0.6 is 22.6 Å². The van der Waals surface area contributed by atoms with Crippen LogP contribution in [0.25, 0.3) is 0 Å². The van der Waals surface area contributed by atoms with E-state index in [1.807, 2.05) is 0 Å². The van der Waals surface area contributed by atoms with Crippen LogP contribution in [-0.2, 0) is 6.42 Å². The van der Waals surface area contributed by atoms with Gasteiger partial charge in [-0.15, -0.1) is 0 Å². The number of alkyl halides is 2. The van der Waals surface area contributed by atoms with Crippen LogP contribution in [0.15, 0.2) is 6.07 Å². The van der Waals surface area contributed by atoms with Crippen molar-refractivity contribution in [3.63, 3.8) is 0 Å². The summed E-state index contributed by atoms with van der Waals surface area (Å²) in [6, 6.07) is 4.52. The molecule has 0 N–H and O–H groups in total. The highest BCUT2D eigenvalue weighted by molar-refractivity contribution is 14.1. The predicted octanol–water partition coefficient (Wildman–Crippen LogP) is 2.56. The Morgan fingerprint density at radius 3 is 2.60 bits per heavy atom. The van der Waals surface area contributed by atoms with Crippen LogP contribution in [-0.4, -0.2) is 4.98 Å². The van der Waals surface area contributed by atoms with Gasteiger partial charge in [0.25, 0.3) is 6.43 Å². The third-order valence-corrected chi connectivity index (χ3v) is 2.61. The number of nitrogens with zero attached hydrogens (tertiary/aromatic N) is 3. The van der Waals surface area contributed by atoms with Crippen molar-refractivity contribution < 1.29 is 8.78 Å². The van der Waals surface area contributed by atoms with Crippen LogP contribution in [0.5, 0.6) is 0 Å². The van der Waals surface area contributed by atoms with Gasteiger partial charge in [-0.3, -0.25) is 0 Å². The predicted molar refractivity (Wildman–Crippen MR) is 55.9 cm³/mol. The van der Waals surface area contributed by atoms with E-state index in [0.29, 0.717) is 0 Å². The van der Waals surface area contributed by atoms with Gasteiger partial charge in [0, 0.05) is 11.1 Å². The molecule has 0 bridgehead atoms. The van der Waals surface area contributed by atoms with Gasteiger partial charge in [-0.1, -0.05) is 0 Å². The molecule has 0 aliphatic rings. The second-order valence-corrected chi connectivity index (χ2v) is 3.64. The summed E-state index contributed by atoms with van der Waals surface area (Å²) in [4.78, 5) is 3.79. The number of halogens is 3. The zero-order chi connectivity index (χ0) is 11.4. The number of aromatic nitrogens is 1. The molecule has 1 rings (SSSR count). The molecule has 1 aromatic rings. The molecule has 3 nitrogen and oxygen atoms in total. The quantitative estimate of drug-likeness (QED) is 0.622. The van der Waals surface area contributed by atoms with Crippen LogP contribution in [0.2, 0.25) is 0 Å².